The van der Waals surface area contributed by atoms with Crippen LogP contribution in [0.5, 0.6) is 0 Å². The van der Waals surface area contributed by atoms with Gasteiger partial charge in [-0.05, 0) is 22.6 Å². The summed E-state index contributed by atoms with van der Waals surface area (Å²) in [7, 11) is 0. The third-order valence-corrected chi connectivity index (χ3v) is 3.21. The summed E-state index contributed by atoms with van der Waals surface area (Å²) in [4.78, 5) is 11.7. The lowest BCUT2D eigenvalue weighted by Gasteiger charge is -2.03. The summed E-state index contributed by atoms with van der Waals surface area (Å²) in [5, 5.41) is 1.91. The lowest BCUT2D eigenvalue weighted by molar-refractivity contribution is 0.112. The molecule has 0 fully saturated rings. The molecule has 0 saturated carbocycles. The van der Waals surface area contributed by atoms with Crippen molar-refractivity contribution in [2.75, 3.05) is 0 Å². The summed E-state index contributed by atoms with van der Waals surface area (Å²) in [6.45, 7) is 4.03. The van der Waals surface area contributed by atoms with E-state index in [1.807, 2.05) is 41.8 Å². The fraction of sp³-hybridized carbons (Fsp3) is 0. The molecule has 0 unspecified atom stereocenters. The molecule has 15 heavy (non-hydrogen) atoms. The quantitative estimate of drug-likeness (QED) is 0.713. The molecule has 0 atom stereocenters. The largest absolute Gasteiger partial charge is 0.298 e. The minimum atomic E-state index is 0.717. The molecule has 1 nitrogen and oxygen atoms in total. The summed E-state index contributed by atoms with van der Waals surface area (Å²) >= 11 is 1.55. The van der Waals surface area contributed by atoms with Crippen LogP contribution in [0, 0.1) is 0 Å². The fourth-order valence-corrected chi connectivity index (χ4v) is 2.29. The number of aldehydes is 1. The maximum atomic E-state index is 10.8. The van der Waals surface area contributed by atoms with E-state index in [1.54, 1.807) is 11.3 Å². The van der Waals surface area contributed by atoms with Crippen LogP contribution in [0.15, 0.2) is 48.4 Å². The Balaban J connectivity index is 2.41. The van der Waals surface area contributed by atoms with Crippen molar-refractivity contribution >= 4 is 23.2 Å². The second-order valence-electron chi connectivity index (χ2n) is 3.17. The molecule has 0 N–H and O–H groups in total. The average molecular weight is 214 g/mol. The molecule has 0 saturated heterocycles. The Morgan fingerprint density at radius 2 is 1.93 bits per heavy atom. The summed E-state index contributed by atoms with van der Waals surface area (Å²) in [6.07, 6.45) is 0.875. The SMILES string of the molecule is C=C(c1ccccc1)c1sccc1C=O. The van der Waals surface area contributed by atoms with Gasteiger partial charge in [0.05, 0.1) is 0 Å². The van der Waals surface area contributed by atoms with Gasteiger partial charge >= 0.3 is 0 Å². The van der Waals surface area contributed by atoms with Crippen molar-refractivity contribution in [3.05, 3.63) is 64.4 Å². The molecule has 0 radical (unpaired) electrons. The van der Waals surface area contributed by atoms with E-state index in [1.165, 1.54) is 0 Å². The molecule has 1 aromatic heterocycles. The number of benzene rings is 1. The van der Waals surface area contributed by atoms with Gasteiger partial charge in [-0.3, -0.25) is 4.79 Å². The Kier molecular flexibility index (Phi) is 2.79. The summed E-state index contributed by atoms with van der Waals surface area (Å²) in [5.74, 6) is 0. The number of rotatable bonds is 3. The van der Waals surface area contributed by atoms with E-state index in [2.05, 4.69) is 6.58 Å². The van der Waals surface area contributed by atoms with Crippen LogP contribution in [0.1, 0.15) is 20.8 Å². The van der Waals surface area contributed by atoms with Crippen LogP contribution in [0.2, 0.25) is 0 Å². The molecule has 0 amide bonds. The highest BCUT2D eigenvalue weighted by Crippen LogP contribution is 2.28. The summed E-state index contributed by atoms with van der Waals surface area (Å²) in [5.41, 5.74) is 2.68. The van der Waals surface area contributed by atoms with Crippen LogP contribution in [0.4, 0.5) is 0 Å². The maximum Gasteiger partial charge on any atom is 0.151 e. The Morgan fingerprint density at radius 3 is 2.60 bits per heavy atom. The highest BCUT2D eigenvalue weighted by molar-refractivity contribution is 7.11. The molecule has 0 bridgehead atoms. The predicted octanol–water partition coefficient (Wildman–Crippen LogP) is 3.62. The highest BCUT2D eigenvalue weighted by Gasteiger charge is 2.08. The number of carbonyl (C=O) groups excluding carboxylic acids is 1. The van der Waals surface area contributed by atoms with Gasteiger partial charge in [0.25, 0.3) is 0 Å². The molecule has 1 heterocycles. The van der Waals surface area contributed by atoms with Crippen LogP contribution in [-0.2, 0) is 0 Å². The van der Waals surface area contributed by atoms with E-state index in [-0.39, 0.29) is 0 Å². The Labute approximate surface area is 92.7 Å². The van der Waals surface area contributed by atoms with E-state index < -0.39 is 0 Å². The average Bonchev–Trinajstić information content (AvgIpc) is 2.77. The summed E-state index contributed by atoms with van der Waals surface area (Å²) in [6, 6.07) is 11.7. The van der Waals surface area contributed by atoms with Gasteiger partial charge in [-0.1, -0.05) is 36.9 Å². The standard InChI is InChI=1S/C13H10OS/c1-10(11-5-3-2-4-6-11)13-12(9-14)7-8-15-13/h2-9H,1H2. The second-order valence-corrected chi connectivity index (χ2v) is 4.08. The first-order chi connectivity index (χ1) is 7.33. The molecule has 0 aliphatic heterocycles. The Hall–Kier alpha value is -1.67. The smallest absolute Gasteiger partial charge is 0.151 e. The molecule has 74 valence electrons. The van der Waals surface area contributed by atoms with Gasteiger partial charge in [0.15, 0.2) is 6.29 Å². The summed E-state index contributed by atoms with van der Waals surface area (Å²) < 4.78 is 0. The van der Waals surface area contributed by atoms with Gasteiger partial charge in [-0.25, -0.2) is 0 Å². The van der Waals surface area contributed by atoms with E-state index in [0.717, 1.165) is 22.3 Å². The molecule has 0 aliphatic carbocycles. The van der Waals surface area contributed by atoms with Crippen LogP contribution in [-0.4, -0.2) is 6.29 Å². The maximum absolute atomic E-state index is 10.8. The van der Waals surface area contributed by atoms with E-state index in [0.29, 0.717) is 5.56 Å². The molecule has 2 rings (SSSR count). The van der Waals surface area contributed by atoms with Gasteiger partial charge in [-0.2, -0.15) is 0 Å². The molecule has 2 aromatic rings. The fourth-order valence-electron chi connectivity index (χ4n) is 1.43. The number of carbonyl (C=O) groups is 1. The van der Waals surface area contributed by atoms with Crippen molar-refractivity contribution in [2.24, 2.45) is 0 Å². The van der Waals surface area contributed by atoms with Gasteiger partial charge in [0.2, 0.25) is 0 Å². The van der Waals surface area contributed by atoms with Crippen molar-refractivity contribution in [3.8, 4) is 0 Å². The first kappa shape index (κ1) is 9.87. The van der Waals surface area contributed by atoms with Gasteiger partial charge in [0, 0.05) is 10.4 Å². The van der Waals surface area contributed by atoms with Crippen molar-refractivity contribution in [2.45, 2.75) is 0 Å². The zero-order valence-electron chi connectivity index (χ0n) is 8.14. The topological polar surface area (TPSA) is 17.1 Å². The number of hydrogen-bond acceptors (Lipinski definition) is 2. The number of thiophene rings is 1. The van der Waals surface area contributed by atoms with Gasteiger partial charge < -0.3 is 0 Å². The van der Waals surface area contributed by atoms with Crippen molar-refractivity contribution in [1.82, 2.24) is 0 Å². The zero-order valence-corrected chi connectivity index (χ0v) is 8.96. The zero-order chi connectivity index (χ0) is 10.7. The van der Waals surface area contributed by atoms with Gasteiger partial charge in [0.1, 0.15) is 0 Å². The minimum Gasteiger partial charge on any atom is -0.298 e. The molecular formula is C13H10OS. The van der Waals surface area contributed by atoms with Crippen LogP contribution >= 0.6 is 11.3 Å². The monoisotopic (exact) mass is 214 g/mol. The van der Waals surface area contributed by atoms with Gasteiger partial charge in [-0.15, -0.1) is 11.3 Å². The van der Waals surface area contributed by atoms with Crippen molar-refractivity contribution in [3.63, 3.8) is 0 Å². The second kappa shape index (κ2) is 4.24. The van der Waals surface area contributed by atoms with Crippen molar-refractivity contribution < 1.29 is 4.79 Å². The Bertz CT molecular complexity index is 482. The van der Waals surface area contributed by atoms with Crippen LogP contribution in [0.25, 0.3) is 5.57 Å². The first-order valence-corrected chi connectivity index (χ1v) is 5.48. The van der Waals surface area contributed by atoms with Crippen LogP contribution in [0.3, 0.4) is 0 Å². The third kappa shape index (κ3) is 1.90. The predicted molar refractivity (Wildman–Crippen MR) is 64.3 cm³/mol. The third-order valence-electron chi connectivity index (χ3n) is 2.22. The normalized spacial score (nSPS) is 9.87. The minimum absolute atomic E-state index is 0.717. The van der Waals surface area contributed by atoms with Crippen molar-refractivity contribution in [1.29, 1.82) is 0 Å². The lowest BCUT2D eigenvalue weighted by atomic mass is 10.0. The van der Waals surface area contributed by atoms with E-state index in [4.69, 9.17) is 0 Å². The molecule has 1 aromatic carbocycles. The molecular weight excluding hydrogens is 204 g/mol. The molecule has 0 aliphatic rings. The van der Waals surface area contributed by atoms with Crippen LogP contribution < -0.4 is 0 Å². The lowest BCUT2D eigenvalue weighted by Crippen LogP contribution is -1.86. The number of hydrogen-bond donors (Lipinski definition) is 0. The molecule has 2 heteroatoms. The van der Waals surface area contributed by atoms with E-state index >= 15 is 0 Å². The Morgan fingerprint density at radius 1 is 1.20 bits per heavy atom. The first-order valence-electron chi connectivity index (χ1n) is 4.60. The van der Waals surface area contributed by atoms with E-state index in [9.17, 15) is 4.79 Å². The highest BCUT2D eigenvalue weighted by atomic mass is 32.1. The molecule has 0 spiro atoms.